The van der Waals surface area contributed by atoms with Crippen molar-refractivity contribution in [1.29, 1.82) is 0 Å². The number of amides is 1. The summed E-state index contributed by atoms with van der Waals surface area (Å²) in [6.07, 6.45) is 0.299. The summed E-state index contributed by atoms with van der Waals surface area (Å²) in [5, 5.41) is 4.02. The number of ether oxygens (including phenoxy) is 1. The predicted octanol–water partition coefficient (Wildman–Crippen LogP) is 3.18. The first-order valence-electron chi connectivity index (χ1n) is 9.45. The van der Waals surface area contributed by atoms with Crippen LogP contribution < -0.4 is 10.9 Å². The number of nitrogens with one attached hydrogen (secondary N) is 2. The van der Waals surface area contributed by atoms with E-state index < -0.39 is 6.04 Å². The van der Waals surface area contributed by atoms with Crippen molar-refractivity contribution in [3.8, 4) is 0 Å². The van der Waals surface area contributed by atoms with Crippen molar-refractivity contribution < 1.29 is 14.3 Å². The number of benzene rings is 2. The van der Waals surface area contributed by atoms with E-state index in [1.165, 1.54) is 6.07 Å². The van der Waals surface area contributed by atoms with Gasteiger partial charge in [0.05, 0.1) is 12.7 Å². The Bertz CT molecular complexity index is 1140. The molecule has 0 spiro atoms. The molecule has 2 heterocycles. The molecule has 1 fully saturated rings. The Morgan fingerprint density at radius 1 is 1.20 bits per heavy atom. The van der Waals surface area contributed by atoms with E-state index in [9.17, 15) is 14.4 Å². The molecule has 2 aromatic carbocycles. The minimum Gasteiger partial charge on any atom is -0.372 e. The Morgan fingerprint density at radius 3 is 2.67 bits per heavy atom. The van der Waals surface area contributed by atoms with Crippen molar-refractivity contribution in [2.24, 2.45) is 0 Å². The van der Waals surface area contributed by atoms with E-state index in [2.05, 4.69) is 10.3 Å². The highest BCUT2D eigenvalue weighted by atomic mass is 35.5. The minimum absolute atomic E-state index is 0.0898. The van der Waals surface area contributed by atoms with Crippen LogP contribution in [0.1, 0.15) is 15.9 Å². The van der Waals surface area contributed by atoms with Crippen LogP contribution in [0.15, 0.2) is 59.4 Å². The molecule has 3 aromatic rings. The molecular weight excluding hydrogens is 424 g/mol. The fraction of sp³-hybridized carbons (Fsp3) is 0.227. The van der Waals surface area contributed by atoms with Crippen LogP contribution in [0.3, 0.4) is 0 Å². The van der Waals surface area contributed by atoms with Gasteiger partial charge in [0.1, 0.15) is 6.04 Å². The van der Waals surface area contributed by atoms with Gasteiger partial charge in [-0.1, -0.05) is 41.6 Å². The third-order valence-electron chi connectivity index (χ3n) is 4.77. The summed E-state index contributed by atoms with van der Waals surface area (Å²) in [6, 6.07) is 14.5. The van der Waals surface area contributed by atoms with Gasteiger partial charge in [-0.05, 0) is 35.9 Å². The number of carbonyl (C=O) groups excluding carboxylic acids is 2. The molecular formula is C22H19ClN2O4S. The molecule has 6 nitrogen and oxygen atoms in total. The number of rotatable bonds is 7. The average molecular weight is 443 g/mol. The fourth-order valence-electron chi connectivity index (χ4n) is 3.14. The van der Waals surface area contributed by atoms with Crippen LogP contribution in [0.25, 0.3) is 10.9 Å². The number of hydrogen-bond acceptors (Lipinski definition) is 5. The Kier molecular flexibility index (Phi) is 6.22. The fourth-order valence-corrected chi connectivity index (χ4v) is 4.15. The molecule has 30 heavy (non-hydrogen) atoms. The first-order chi connectivity index (χ1) is 14.5. The lowest BCUT2D eigenvalue weighted by atomic mass is 10.0. The van der Waals surface area contributed by atoms with Crippen molar-refractivity contribution in [2.75, 3.05) is 12.4 Å². The van der Waals surface area contributed by atoms with Crippen molar-refractivity contribution in [2.45, 2.75) is 18.6 Å². The topological polar surface area (TPSA) is 91.6 Å². The monoisotopic (exact) mass is 442 g/mol. The van der Waals surface area contributed by atoms with Crippen LogP contribution in [0, 0.1) is 0 Å². The molecule has 154 valence electrons. The second-order valence-electron chi connectivity index (χ2n) is 7.03. The van der Waals surface area contributed by atoms with Crippen LogP contribution in [0.4, 0.5) is 0 Å². The highest BCUT2D eigenvalue weighted by molar-refractivity contribution is 8.13. The number of fused-ring (bicyclic) bond motifs is 1. The lowest BCUT2D eigenvalue weighted by molar-refractivity contribution is -0.112. The smallest absolute Gasteiger partial charge is 0.251 e. The van der Waals surface area contributed by atoms with E-state index in [0.29, 0.717) is 34.0 Å². The first-order valence-corrected chi connectivity index (χ1v) is 10.8. The first kappa shape index (κ1) is 20.7. The summed E-state index contributed by atoms with van der Waals surface area (Å²) >= 11 is 7.03. The van der Waals surface area contributed by atoms with Gasteiger partial charge in [0, 0.05) is 39.7 Å². The van der Waals surface area contributed by atoms with Crippen molar-refractivity contribution in [3.63, 3.8) is 0 Å². The lowest BCUT2D eigenvalue weighted by Gasteiger charge is -2.18. The Hall–Kier alpha value is -2.61. The van der Waals surface area contributed by atoms with E-state index in [1.54, 1.807) is 24.3 Å². The number of aromatic amines is 1. The zero-order chi connectivity index (χ0) is 21.1. The second-order valence-corrected chi connectivity index (χ2v) is 8.49. The number of carbonyl (C=O) groups is 2. The average Bonchev–Trinajstić information content (AvgIpc) is 3.56. The maximum absolute atomic E-state index is 12.9. The Balaban J connectivity index is 1.60. The number of epoxide rings is 1. The van der Waals surface area contributed by atoms with Gasteiger partial charge in [-0.3, -0.25) is 14.4 Å². The number of pyridine rings is 1. The van der Waals surface area contributed by atoms with Crippen LogP contribution in [0.2, 0.25) is 5.02 Å². The van der Waals surface area contributed by atoms with E-state index in [4.69, 9.17) is 16.3 Å². The van der Waals surface area contributed by atoms with Crippen LogP contribution >= 0.6 is 23.4 Å². The summed E-state index contributed by atoms with van der Waals surface area (Å²) in [6.45, 7) is 0.654. The maximum atomic E-state index is 12.9. The molecule has 2 atom stereocenters. The van der Waals surface area contributed by atoms with Crippen LogP contribution in [-0.2, 0) is 16.0 Å². The number of aromatic nitrogens is 1. The van der Waals surface area contributed by atoms with Gasteiger partial charge >= 0.3 is 0 Å². The molecule has 1 aromatic heterocycles. The largest absolute Gasteiger partial charge is 0.372 e. The number of para-hydroxylation sites is 1. The summed E-state index contributed by atoms with van der Waals surface area (Å²) in [5.74, 6) is 0.171. The summed E-state index contributed by atoms with van der Waals surface area (Å²) < 4.78 is 5.17. The maximum Gasteiger partial charge on any atom is 0.251 e. The minimum atomic E-state index is -0.790. The molecule has 2 unspecified atom stereocenters. The van der Waals surface area contributed by atoms with E-state index >= 15 is 0 Å². The highest BCUT2D eigenvalue weighted by Gasteiger charge is 2.28. The van der Waals surface area contributed by atoms with Gasteiger partial charge in [-0.2, -0.15) is 0 Å². The molecule has 0 aliphatic carbocycles. The highest BCUT2D eigenvalue weighted by Crippen LogP contribution is 2.21. The Morgan fingerprint density at radius 2 is 1.93 bits per heavy atom. The van der Waals surface area contributed by atoms with Gasteiger partial charge in [0.15, 0.2) is 0 Å². The molecule has 0 saturated carbocycles. The molecule has 1 amide bonds. The molecule has 0 bridgehead atoms. The molecule has 1 saturated heterocycles. The van der Waals surface area contributed by atoms with Crippen molar-refractivity contribution in [1.82, 2.24) is 10.3 Å². The standard InChI is InChI=1S/C22H19ClN2O4S/c23-15-7-5-13(6-8-15)21(27)25-19(22(28)30-12-16-11-29-16)9-14-10-20(26)24-18-4-2-1-3-17(14)18/h1-8,10,16,19H,9,11-12H2,(H,24,26)(H,25,27). The molecule has 2 N–H and O–H groups in total. The number of halogens is 1. The number of hydrogen-bond donors (Lipinski definition) is 2. The second kappa shape index (κ2) is 9.04. The van der Waals surface area contributed by atoms with Crippen LogP contribution in [-0.4, -0.2) is 40.5 Å². The normalized spacial score (nSPS) is 16.2. The van der Waals surface area contributed by atoms with Gasteiger partial charge < -0.3 is 15.0 Å². The SMILES string of the molecule is O=C(NC(Cc1cc(=O)[nH]c2ccccc12)C(=O)SCC1CO1)c1ccc(Cl)cc1. The molecule has 0 radical (unpaired) electrons. The van der Waals surface area contributed by atoms with E-state index in [-0.39, 0.29) is 29.1 Å². The summed E-state index contributed by atoms with van der Waals surface area (Å²) in [4.78, 5) is 40.5. The van der Waals surface area contributed by atoms with Gasteiger partial charge in [0.2, 0.25) is 10.7 Å². The summed E-state index contributed by atoms with van der Waals surface area (Å²) in [7, 11) is 0. The van der Waals surface area contributed by atoms with Gasteiger partial charge in [-0.15, -0.1) is 0 Å². The zero-order valence-corrected chi connectivity index (χ0v) is 17.5. The van der Waals surface area contributed by atoms with Crippen molar-refractivity contribution >= 4 is 45.3 Å². The number of H-pyrrole nitrogens is 1. The third-order valence-corrected chi connectivity index (χ3v) is 6.13. The van der Waals surface area contributed by atoms with Gasteiger partial charge in [-0.25, -0.2) is 0 Å². The molecule has 1 aliphatic heterocycles. The van der Waals surface area contributed by atoms with E-state index in [0.717, 1.165) is 17.1 Å². The molecule has 1 aliphatic rings. The predicted molar refractivity (Wildman–Crippen MR) is 118 cm³/mol. The molecule has 4 rings (SSSR count). The van der Waals surface area contributed by atoms with Crippen LogP contribution in [0.5, 0.6) is 0 Å². The Labute approximate surface area is 182 Å². The zero-order valence-electron chi connectivity index (χ0n) is 15.9. The van der Waals surface area contributed by atoms with Gasteiger partial charge in [0.25, 0.3) is 5.91 Å². The third kappa shape index (κ3) is 5.11. The summed E-state index contributed by atoms with van der Waals surface area (Å²) in [5.41, 5.74) is 1.54. The molecule has 8 heteroatoms. The quantitative estimate of drug-likeness (QED) is 0.548. The lowest BCUT2D eigenvalue weighted by Crippen LogP contribution is -2.41. The van der Waals surface area contributed by atoms with Crippen molar-refractivity contribution in [3.05, 3.63) is 81.1 Å². The number of thioether (sulfide) groups is 1. The van der Waals surface area contributed by atoms with E-state index in [1.807, 2.05) is 24.3 Å².